The van der Waals surface area contributed by atoms with Gasteiger partial charge >= 0.3 is 0 Å². The van der Waals surface area contributed by atoms with E-state index in [-0.39, 0.29) is 6.04 Å². The van der Waals surface area contributed by atoms with Crippen molar-refractivity contribution in [1.82, 2.24) is 20.2 Å². The lowest BCUT2D eigenvalue weighted by atomic mass is 10.0. The Hall–Kier alpha value is -1.72. The first-order valence-electron chi connectivity index (χ1n) is 6.10. The summed E-state index contributed by atoms with van der Waals surface area (Å²) in [6, 6.07) is 4.32. The number of aromatic nitrogens is 3. The second-order valence-electron chi connectivity index (χ2n) is 4.48. The number of hydrazine groups is 1. The van der Waals surface area contributed by atoms with E-state index in [0.29, 0.717) is 0 Å². The molecule has 5 heteroatoms. The van der Waals surface area contributed by atoms with Crippen molar-refractivity contribution in [2.75, 3.05) is 0 Å². The minimum Gasteiger partial charge on any atom is -0.276 e. The van der Waals surface area contributed by atoms with E-state index in [4.69, 9.17) is 5.84 Å². The molecule has 0 aliphatic rings. The first-order valence-corrected chi connectivity index (χ1v) is 6.10. The predicted octanol–water partition coefficient (Wildman–Crippen LogP) is 0.822. The van der Waals surface area contributed by atoms with E-state index in [1.807, 2.05) is 48.6 Å². The van der Waals surface area contributed by atoms with E-state index in [9.17, 15) is 0 Å². The minimum atomic E-state index is 0.271. The fourth-order valence-corrected chi connectivity index (χ4v) is 1.99. The van der Waals surface area contributed by atoms with Crippen LogP contribution in [0.25, 0.3) is 0 Å². The van der Waals surface area contributed by atoms with Gasteiger partial charge in [0.15, 0.2) is 0 Å². The molecule has 0 aliphatic heterocycles. The van der Waals surface area contributed by atoms with Crippen LogP contribution in [-0.2, 0) is 19.9 Å². The smallest absolute Gasteiger partial charge is 0.0521 e. The van der Waals surface area contributed by atoms with Crippen molar-refractivity contribution in [2.45, 2.75) is 25.3 Å². The molecule has 2 heterocycles. The van der Waals surface area contributed by atoms with E-state index in [2.05, 4.69) is 15.5 Å². The van der Waals surface area contributed by atoms with Gasteiger partial charge in [-0.15, -0.1) is 0 Å². The molecule has 0 spiro atoms. The largest absolute Gasteiger partial charge is 0.276 e. The molecule has 0 saturated heterocycles. The number of nitrogens with zero attached hydrogens (tertiary/aromatic N) is 3. The molecule has 96 valence electrons. The molecular formula is C13H19N5. The molecule has 1 atom stereocenters. The Balaban J connectivity index is 1.86. The van der Waals surface area contributed by atoms with Crippen molar-refractivity contribution >= 4 is 0 Å². The summed E-state index contributed by atoms with van der Waals surface area (Å²) in [6.07, 6.45) is 10.5. The lowest BCUT2D eigenvalue weighted by molar-refractivity contribution is 0.491. The fraction of sp³-hybridized carbons (Fsp3) is 0.385. The van der Waals surface area contributed by atoms with E-state index < -0.39 is 0 Å². The molecule has 5 nitrogen and oxygen atoms in total. The van der Waals surface area contributed by atoms with E-state index in [0.717, 1.165) is 19.3 Å². The maximum Gasteiger partial charge on any atom is 0.0521 e. The quantitative estimate of drug-likeness (QED) is 0.584. The number of pyridine rings is 1. The van der Waals surface area contributed by atoms with Gasteiger partial charge in [-0.1, -0.05) is 0 Å². The van der Waals surface area contributed by atoms with Crippen LogP contribution in [-0.4, -0.2) is 20.8 Å². The average molecular weight is 245 g/mol. The van der Waals surface area contributed by atoms with Crippen LogP contribution in [0, 0.1) is 0 Å². The third-order valence-corrected chi connectivity index (χ3v) is 3.01. The second kappa shape index (κ2) is 6.28. The van der Waals surface area contributed by atoms with Crippen molar-refractivity contribution < 1.29 is 0 Å². The first kappa shape index (κ1) is 12.7. The van der Waals surface area contributed by atoms with Gasteiger partial charge in [0.2, 0.25) is 0 Å². The molecule has 0 amide bonds. The molecule has 0 aliphatic carbocycles. The summed E-state index contributed by atoms with van der Waals surface area (Å²) >= 11 is 0. The maximum absolute atomic E-state index is 5.60. The van der Waals surface area contributed by atoms with Crippen LogP contribution in [0.3, 0.4) is 0 Å². The van der Waals surface area contributed by atoms with Gasteiger partial charge in [0.05, 0.1) is 6.20 Å². The van der Waals surface area contributed by atoms with Crippen LogP contribution in [0.4, 0.5) is 0 Å². The SMILES string of the molecule is Cn1cc(CCC(Cc2ccncc2)NN)cn1. The minimum absolute atomic E-state index is 0.271. The Kier molecular flexibility index (Phi) is 4.44. The van der Waals surface area contributed by atoms with Gasteiger partial charge < -0.3 is 0 Å². The third-order valence-electron chi connectivity index (χ3n) is 3.01. The topological polar surface area (TPSA) is 68.8 Å². The zero-order valence-electron chi connectivity index (χ0n) is 10.6. The summed E-state index contributed by atoms with van der Waals surface area (Å²) < 4.78 is 1.82. The zero-order chi connectivity index (χ0) is 12.8. The summed E-state index contributed by atoms with van der Waals surface area (Å²) in [5, 5.41) is 4.16. The van der Waals surface area contributed by atoms with Crippen LogP contribution >= 0.6 is 0 Å². The number of nitrogens with one attached hydrogen (secondary N) is 1. The summed E-state index contributed by atoms with van der Waals surface area (Å²) in [6.45, 7) is 0. The summed E-state index contributed by atoms with van der Waals surface area (Å²) in [4.78, 5) is 4.01. The third kappa shape index (κ3) is 3.65. The van der Waals surface area contributed by atoms with Gasteiger partial charge in [-0.25, -0.2) is 0 Å². The van der Waals surface area contributed by atoms with Crippen LogP contribution in [0.15, 0.2) is 36.9 Å². The van der Waals surface area contributed by atoms with E-state index >= 15 is 0 Å². The molecule has 18 heavy (non-hydrogen) atoms. The number of rotatable bonds is 6. The maximum atomic E-state index is 5.60. The standard InChI is InChI=1S/C13H19N5/c1-18-10-12(9-16-18)2-3-13(17-14)8-11-4-6-15-7-5-11/h4-7,9-10,13,17H,2-3,8,14H2,1H3. The Morgan fingerprint density at radius 3 is 2.72 bits per heavy atom. The molecule has 0 fully saturated rings. The van der Waals surface area contributed by atoms with Crippen molar-refractivity contribution in [1.29, 1.82) is 0 Å². The zero-order valence-corrected chi connectivity index (χ0v) is 10.6. The molecular weight excluding hydrogens is 226 g/mol. The Morgan fingerprint density at radius 1 is 1.33 bits per heavy atom. The molecule has 3 N–H and O–H groups in total. The Morgan fingerprint density at radius 2 is 2.11 bits per heavy atom. The van der Waals surface area contributed by atoms with Crippen LogP contribution < -0.4 is 11.3 Å². The highest BCUT2D eigenvalue weighted by Gasteiger charge is 2.08. The van der Waals surface area contributed by atoms with E-state index in [1.165, 1.54) is 11.1 Å². The highest BCUT2D eigenvalue weighted by atomic mass is 15.2. The number of aryl methyl sites for hydroxylation is 2. The van der Waals surface area contributed by atoms with Crippen LogP contribution in [0.1, 0.15) is 17.5 Å². The summed E-state index contributed by atoms with van der Waals surface area (Å²) in [7, 11) is 1.93. The molecule has 0 bridgehead atoms. The van der Waals surface area contributed by atoms with Crippen LogP contribution in [0.5, 0.6) is 0 Å². The molecule has 0 saturated carbocycles. The lowest BCUT2D eigenvalue weighted by Crippen LogP contribution is -2.37. The number of hydrogen-bond donors (Lipinski definition) is 2. The average Bonchev–Trinajstić information content (AvgIpc) is 2.81. The Bertz CT molecular complexity index is 465. The van der Waals surface area contributed by atoms with Crippen molar-refractivity contribution in [3.05, 3.63) is 48.0 Å². The van der Waals surface area contributed by atoms with Crippen molar-refractivity contribution in [2.24, 2.45) is 12.9 Å². The Labute approximate surface area is 107 Å². The van der Waals surface area contributed by atoms with Gasteiger partial charge in [0.25, 0.3) is 0 Å². The van der Waals surface area contributed by atoms with Gasteiger partial charge in [0.1, 0.15) is 0 Å². The molecule has 2 aromatic heterocycles. The molecule has 2 aromatic rings. The highest BCUT2D eigenvalue weighted by molar-refractivity contribution is 5.12. The summed E-state index contributed by atoms with van der Waals surface area (Å²) in [5.74, 6) is 5.60. The second-order valence-corrected chi connectivity index (χ2v) is 4.48. The molecule has 1 unspecified atom stereocenters. The lowest BCUT2D eigenvalue weighted by Gasteiger charge is -2.15. The van der Waals surface area contributed by atoms with Gasteiger partial charge in [-0.2, -0.15) is 5.10 Å². The molecule has 0 aromatic carbocycles. The van der Waals surface area contributed by atoms with Crippen molar-refractivity contribution in [3.63, 3.8) is 0 Å². The molecule has 2 rings (SSSR count). The van der Waals surface area contributed by atoms with Crippen LogP contribution in [0.2, 0.25) is 0 Å². The number of hydrogen-bond acceptors (Lipinski definition) is 4. The first-order chi connectivity index (χ1) is 8.78. The molecule has 0 radical (unpaired) electrons. The normalized spacial score (nSPS) is 12.6. The van der Waals surface area contributed by atoms with Gasteiger partial charge in [-0.05, 0) is 42.5 Å². The predicted molar refractivity (Wildman–Crippen MR) is 70.6 cm³/mol. The fourth-order valence-electron chi connectivity index (χ4n) is 1.99. The van der Waals surface area contributed by atoms with Crippen molar-refractivity contribution in [3.8, 4) is 0 Å². The monoisotopic (exact) mass is 245 g/mol. The van der Waals surface area contributed by atoms with E-state index in [1.54, 1.807) is 0 Å². The van der Waals surface area contributed by atoms with Gasteiger partial charge in [-0.3, -0.25) is 20.9 Å². The highest BCUT2D eigenvalue weighted by Crippen LogP contribution is 2.08. The number of nitrogens with two attached hydrogens (primary N) is 1. The summed E-state index contributed by atoms with van der Waals surface area (Å²) in [5.41, 5.74) is 5.37. The van der Waals surface area contributed by atoms with Gasteiger partial charge in [0, 0.05) is 31.7 Å².